The molecule has 0 bridgehead atoms. The molecule has 2 atom stereocenters. The number of halogens is 1. The molecule has 1 aliphatic rings. The van der Waals surface area contributed by atoms with Crippen LogP contribution in [-0.2, 0) is 0 Å². The summed E-state index contributed by atoms with van der Waals surface area (Å²) in [6.45, 7) is 4.07. The molecule has 3 aromatic heterocycles. The molecule has 0 saturated carbocycles. The fraction of sp³-hybridized carbons (Fsp3) is 0.206. The summed E-state index contributed by atoms with van der Waals surface area (Å²) in [5.74, 6) is 1.24. The van der Waals surface area contributed by atoms with Gasteiger partial charge in [0.15, 0.2) is 0 Å². The van der Waals surface area contributed by atoms with Crippen molar-refractivity contribution in [2.45, 2.75) is 19.0 Å². The number of hydrogen-bond acceptors (Lipinski definition) is 7. The van der Waals surface area contributed by atoms with Crippen molar-refractivity contribution >= 4 is 55.4 Å². The molecule has 0 spiro atoms. The van der Waals surface area contributed by atoms with Crippen LogP contribution in [-0.4, -0.2) is 79.1 Å². The number of carbonyl (C=O) groups excluding carboxylic acids is 1. The van der Waals surface area contributed by atoms with Crippen LogP contribution in [0.1, 0.15) is 6.92 Å². The van der Waals surface area contributed by atoms with Crippen molar-refractivity contribution < 1.29 is 4.79 Å². The number of imidazole rings is 1. The molecule has 1 aliphatic heterocycles. The maximum Gasteiger partial charge on any atom is 0.321 e. The summed E-state index contributed by atoms with van der Waals surface area (Å²) >= 11 is 3.62. The lowest BCUT2D eigenvalue weighted by Gasteiger charge is -2.42. The number of carbonyl (C=O) groups is 1. The van der Waals surface area contributed by atoms with Gasteiger partial charge in [0.05, 0.1) is 16.7 Å². The van der Waals surface area contributed by atoms with Gasteiger partial charge in [-0.3, -0.25) is 14.5 Å². The van der Waals surface area contributed by atoms with Crippen LogP contribution < -0.4 is 10.6 Å². The molecule has 45 heavy (non-hydrogen) atoms. The van der Waals surface area contributed by atoms with Gasteiger partial charge in [0.25, 0.3) is 0 Å². The molecule has 0 unspecified atom stereocenters. The Morgan fingerprint density at radius 1 is 0.933 bits per heavy atom. The topological polar surface area (TPSA) is 104 Å². The van der Waals surface area contributed by atoms with Crippen LogP contribution in [0, 0.1) is 0 Å². The second-order valence-electron chi connectivity index (χ2n) is 11.3. The van der Waals surface area contributed by atoms with Gasteiger partial charge in [0.1, 0.15) is 12.1 Å². The molecule has 1 saturated heterocycles. The van der Waals surface area contributed by atoms with Crippen LogP contribution in [0.5, 0.6) is 0 Å². The lowest BCUT2D eigenvalue weighted by molar-refractivity contribution is 0.108. The predicted octanol–water partition coefficient (Wildman–Crippen LogP) is 6.44. The third-order valence-corrected chi connectivity index (χ3v) is 9.17. The number of anilines is 2. The normalized spacial score (nSPS) is 16.2. The van der Waals surface area contributed by atoms with Gasteiger partial charge in [-0.05, 0) is 72.9 Å². The van der Waals surface area contributed by atoms with E-state index in [0.717, 1.165) is 55.5 Å². The first kappa shape index (κ1) is 28.9. The Kier molecular flexibility index (Phi) is 7.86. The number of amides is 2. The maximum atomic E-state index is 13.4. The zero-order valence-corrected chi connectivity index (χ0v) is 26.5. The number of hydrogen-bond donors (Lipinski definition) is 2. The Morgan fingerprint density at radius 3 is 2.60 bits per heavy atom. The first-order valence-electron chi connectivity index (χ1n) is 14.9. The second kappa shape index (κ2) is 12.3. The van der Waals surface area contributed by atoms with Gasteiger partial charge >= 0.3 is 6.03 Å². The van der Waals surface area contributed by atoms with E-state index in [0.29, 0.717) is 19.0 Å². The van der Waals surface area contributed by atoms with E-state index in [1.807, 2.05) is 64.1 Å². The summed E-state index contributed by atoms with van der Waals surface area (Å²) in [7, 11) is 2.09. The molecule has 2 N–H and O–H groups in total. The molecule has 4 heterocycles. The summed E-state index contributed by atoms with van der Waals surface area (Å²) in [6, 6.07) is 23.9. The molecule has 1 fully saturated rings. The Hall–Kier alpha value is -4.87. The van der Waals surface area contributed by atoms with Gasteiger partial charge in [-0.15, -0.1) is 0 Å². The van der Waals surface area contributed by atoms with Crippen molar-refractivity contribution in [3.63, 3.8) is 0 Å². The average Bonchev–Trinajstić information content (AvgIpc) is 3.50. The summed E-state index contributed by atoms with van der Waals surface area (Å²) in [5.41, 5.74) is 4.81. The quantitative estimate of drug-likeness (QED) is 0.212. The summed E-state index contributed by atoms with van der Waals surface area (Å²) < 4.78 is 2.96. The molecule has 0 aliphatic carbocycles. The maximum absolute atomic E-state index is 13.4. The Balaban J connectivity index is 1.05. The molecule has 7 rings (SSSR count). The van der Waals surface area contributed by atoms with E-state index >= 15 is 0 Å². The molecular formula is C34H32BrN9O. The SMILES string of the molecule is C[C@H](Nc1nccc(-n2cnc3cc(-c4ccncc4)ccc32)n1)[C@H]1CN(C(=O)Nc2ccc(Br)c3ccccc23)CCN1C. The van der Waals surface area contributed by atoms with Crippen molar-refractivity contribution in [3.05, 3.63) is 102 Å². The first-order valence-corrected chi connectivity index (χ1v) is 15.6. The van der Waals surface area contributed by atoms with Crippen LogP contribution in [0.3, 0.4) is 0 Å². The summed E-state index contributed by atoms with van der Waals surface area (Å²) in [5, 5.41) is 8.70. The highest BCUT2D eigenvalue weighted by Crippen LogP contribution is 2.30. The van der Waals surface area contributed by atoms with Crippen molar-refractivity contribution in [3.8, 4) is 16.9 Å². The Labute approximate surface area is 269 Å². The van der Waals surface area contributed by atoms with Crippen LogP contribution >= 0.6 is 15.9 Å². The van der Waals surface area contributed by atoms with Crippen molar-refractivity contribution in [2.75, 3.05) is 37.3 Å². The molecule has 2 amide bonds. The van der Waals surface area contributed by atoms with Crippen LogP contribution in [0.15, 0.2) is 102 Å². The monoisotopic (exact) mass is 661 g/mol. The first-order chi connectivity index (χ1) is 21.9. The number of benzene rings is 3. The van der Waals surface area contributed by atoms with Gasteiger partial charge in [0, 0.05) is 60.2 Å². The lowest BCUT2D eigenvalue weighted by Crippen LogP contribution is -2.59. The van der Waals surface area contributed by atoms with Crippen molar-refractivity contribution in [1.29, 1.82) is 0 Å². The lowest BCUT2D eigenvalue weighted by atomic mass is 10.1. The van der Waals surface area contributed by atoms with Crippen LogP contribution in [0.25, 0.3) is 38.8 Å². The smallest absolute Gasteiger partial charge is 0.321 e. The largest absolute Gasteiger partial charge is 0.350 e. The number of piperazine rings is 1. The van der Waals surface area contributed by atoms with E-state index < -0.39 is 0 Å². The highest BCUT2D eigenvalue weighted by atomic mass is 79.9. The summed E-state index contributed by atoms with van der Waals surface area (Å²) in [4.78, 5) is 35.7. The Morgan fingerprint density at radius 2 is 1.76 bits per heavy atom. The third kappa shape index (κ3) is 5.84. The molecule has 6 aromatic rings. The number of nitrogens with one attached hydrogen (secondary N) is 2. The zero-order valence-electron chi connectivity index (χ0n) is 24.9. The van der Waals surface area contributed by atoms with E-state index in [-0.39, 0.29) is 18.1 Å². The number of likely N-dealkylation sites (N-methyl/N-ethyl adjacent to an activating group) is 1. The third-order valence-electron chi connectivity index (χ3n) is 8.48. The van der Waals surface area contributed by atoms with Gasteiger partial charge < -0.3 is 15.5 Å². The fourth-order valence-electron chi connectivity index (χ4n) is 5.96. The molecule has 10 nitrogen and oxygen atoms in total. The number of fused-ring (bicyclic) bond motifs is 2. The van der Waals surface area contributed by atoms with Crippen LogP contribution in [0.2, 0.25) is 0 Å². The minimum Gasteiger partial charge on any atom is -0.350 e. The van der Waals surface area contributed by atoms with E-state index in [1.165, 1.54) is 0 Å². The van der Waals surface area contributed by atoms with Gasteiger partial charge in [-0.1, -0.05) is 46.3 Å². The Bertz CT molecular complexity index is 2000. The van der Waals surface area contributed by atoms with E-state index in [4.69, 9.17) is 4.98 Å². The van der Waals surface area contributed by atoms with Crippen molar-refractivity contribution in [1.82, 2.24) is 34.3 Å². The minimum atomic E-state index is -0.106. The van der Waals surface area contributed by atoms with Gasteiger partial charge in [-0.2, -0.15) is 4.98 Å². The summed E-state index contributed by atoms with van der Waals surface area (Å²) in [6.07, 6.45) is 7.12. The fourth-order valence-corrected chi connectivity index (χ4v) is 6.44. The highest BCUT2D eigenvalue weighted by Gasteiger charge is 2.31. The minimum absolute atomic E-state index is 0.0307. The number of pyridine rings is 1. The second-order valence-corrected chi connectivity index (χ2v) is 12.1. The van der Waals surface area contributed by atoms with Crippen molar-refractivity contribution in [2.24, 2.45) is 0 Å². The highest BCUT2D eigenvalue weighted by molar-refractivity contribution is 9.10. The van der Waals surface area contributed by atoms with E-state index in [1.54, 1.807) is 24.9 Å². The molecular weight excluding hydrogens is 630 g/mol. The van der Waals surface area contributed by atoms with Gasteiger partial charge in [-0.25, -0.2) is 14.8 Å². The number of aromatic nitrogens is 5. The number of urea groups is 1. The number of rotatable bonds is 6. The molecule has 226 valence electrons. The molecule has 3 aromatic carbocycles. The molecule has 0 radical (unpaired) electrons. The van der Waals surface area contributed by atoms with E-state index in [2.05, 4.69) is 78.6 Å². The number of nitrogens with zero attached hydrogens (tertiary/aromatic N) is 7. The standard InChI is InChI=1S/C34H32BrN9O/c1-22(31-20-43(18-17-42(31)2)34(45)40-28-9-8-27(35)25-5-3-4-6-26(25)28)39-33-37-16-13-32(41-33)44-21-38-29-19-24(7-10-30(29)44)23-11-14-36-15-12-23/h3-16,19,21-22,31H,17-18,20H2,1-2H3,(H,40,45)(H,37,39,41)/t22-,31+/m0/s1. The van der Waals surface area contributed by atoms with Gasteiger partial charge in [0.2, 0.25) is 5.95 Å². The van der Waals surface area contributed by atoms with Crippen LogP contribution in [0.4, 0.5) is 16.4 Å². The van der Waals surface area contributed by atoms with E-state index in [9.17, 15) is 4.79 Å². The molecule has 11 heteroatoms. The predicted molar refractivity (Wildman–Crippen MR) is 182 cm³/mol. The zero-order chi connectivity index (χ0) is 30.9. The average molecular weight is 663 g/mol.